The molecule has 4 N–H and O–H groups in total. The molecule has 0 saturated heterocycles. The topological polar surface area (TPSA) is 109 Å². The monoisotopic (exact) mass is 438 g/mol. The Labute approximate surface area is 185 Å². The quantitative estimate of drug-likeness (QED) is 0.580. The summed E-state index contributed by atoms with van der Waals surface area (Å²) in [7, 11) is 0. The van der Waals surface area contributed by atoms with Crippen molar-refractivity contribution < 1.29 is 19.5 Å². The first-order chi connectivity index (χ1) is 14.7. The van der Waals surface area contributed by atoms with E-state index < -0.39 is 23.7 Å². The molecule has 2 bridgehead atoms. The van der Waals surface area contributed by atoms with Gasteiger partial charge in [0.2, 0.25) is 5.91 Å². The summed E-state index contributed by atoms with van der Waals surface area (Å²) in [5, 5.41) is 12.9. The van der Waals surface area contributed by atoms with Crippen LogP contribution in [0.3, 0.4) is 0 Å². The molecule has 1 saturated carbocycles. The number of carbonyl (C=O) groups excluding carboxylic acids is 2. The predicted octanol–water partition coefficient (Wildman–Crippen LogP) is 4.41. The minimum absolute atomic E-state index is 0.0905. The lowest BCUT2D eigenvalue weighted by Crippen LogP contribution is -2.36. The molecule has 7 heteroatoms. The Morgan fingerprint density at radius 3 is 2.26 bits per heavy atom. The number of carboxylic acids is 1. The first-order valence-corrected chi connectivity index (χ1v) is 11.3. The van der Waals surface area contributed by atoms with Gasteiger partial charge in [0.15, 0.2) is 0 Å². The lowest BCUT2D eigenvalue weighted by Gasteiger charge is -2.23. The van der Waals surface area contributed by atoms with E-state index in [2.05, 4.69) is 19.2 Å². The molecule has 0 aliphatic heterocycles. The fourth-order valence-corrected chi connectivity index (χ4v) is 6.05. The Bertz CT molecular complexity index is 1080. The average molecular weight is 439 g/mol. The number of benzene rings is 1. The van der Waals surface area contributed by atoms with Gasteiger partial charge in [-0.05, 0) is 42.2 Å². The Hall–Kier alpha value is -2.93. The average Bonchev–Trinajstić information content (AvgIpc) is 3.40. The van der Waals surface area contributed by atoms with Crippen LogP contribution >= 0.6 is 11.3 Å². The number of carboxylic acid groups (broad SMARTS) is 1. The molecule has 2 aliphatic carbocycles. The van der Waals surface area contributed by atoms with E-state index in [1.54, 1.807) is 0 Å². The van der Waals surface area contributed by atoms with Crippen LogP contribution in [-0.2, 0) is 9.59 Å². The molecule has 4 unspecified atom stereocenters. The van der Waals surface area contributed by atoms with Crippen molar-refractivity contribution >= 4 is 34.1 Å². The van der Waals surface area contributed by atoms with Crippen LogP contribution < -0.4 is 11.1 Å². The van der Waals surface area contributed by atoms with E-state index in [0.29, 0.717) is 22.9 Å². The molecule has 4 atom stereocenters. The van der Waals surface area contributed by atoms with Crippen LogP contribution in [0.2, 0.25) is 0 Å². The normalized spacial score (nSPS) is 24.0. The molecule has 162 valence electrons. The molecule has 2 amide bonds. The minimum atomic E-state index is -0.958. The summed E-state index contributed by atoms with van der Waals surface area (Å²) in [5.74, 6) is -3.15. The number of allylic oxidation sites excluding steroid dienone is 2. The number of thiophene rings is 1. The summed E-state index contributed by atoms with van der Waals surface area (Å²) < 4.78 is 0. The number of hydrogen-bond acceptors (Lipinski definition) is 4. The Kier molecular flexibility index (Phi) is 5.47. The van der Waals surface area contributed by atoms with E-state index in [9.17, 15) is 19.5 Å². The second kappa shape index (κ2) is 7.96. The highest BCUT2D eigenvalue weighted by atomic mass is 32.1. The lowest BCUT2D eigenvalue weighted by molar-refractivity contribution is -0.146. The van der Waals surface area contributed by atoms with Crippen LogP contribution in [-0.4, -0.2) is 22.9 Å². The summed E-state index contributed by atoms with van der Waals surface area (Å²) in [5.41, 5.74) is 8.76. The maximum atomic E-state index is 13.1. The number of anilines is 1. The van der Waals surface area contributed by atoms with Crippen molar-refractivity contribution in [3.05, 3.63) is 52.4 Å². The van der Waals surface area contributed by atoms with E-state index in [0.717, 1.165) is 10.4 Å². The van der Waals surface area contributed by atoms with Gasteiger partial charge in [-0.2, -0.15) is 0 Å². The van der Waals surface area contributed by atoms with Gasteiger partial charge in [-0.15, -0.1) is 11.3 Å². The van der Waals surface area contributed by atoms with Crippen molar-refractivity contribution in [2.24, 2.45) is 29.4 Å². The van der Waals surface area contributed by atoms with Crippen molar-refractivity contribution in [2.75, 3.05) is 5.32 Å². The number of carbonyl (C=O) groups is 3. The van der Waals surface area contributed by atoms with E-state index in [1.165, 1.54) is 16.9 Å². The molecule has 31 heavy (non-hydrogen) atoms. The van der Waals surface area contributed by atoms with Crippen molar-refractivity contribution in [2.45, 2.75) is 33.1 Å². The molecule has 1 aromatic heterocycles. The zero-order chi connectivity index (χ0) is 22.4. The SMILES string of the molecule is Cc1sc(NC(=O)C2C3C=CC(C3)C2C(=O)O)c(C(N)=O)c1-c1ccc(C(C)C)cc1. The van der Waals surface area contributed by atoms with Gasteiger partial charge in [-0.1, -0.05) is 50.3 Å². The smallest absolute Gasteiger partial charge is 0.307 e. The van der Waals surface area contributed by atoms with Crippen LogP contribution in [0, 0.1) is 30.6 Å². The molecule has 0 spiro atoms. The fourth-order valence-electron chi connectivity index (χ4n) is 4.96. The maximum absolute atomic E-state index is 13.1. The van der Waals surface area contributed by atoms with Crippen molar-refractivity contribution in [3.8, 4) is 11.1 Å². The number of hydrogen-bond donors (Lipinski definition) is 3. The van der Waals surface area contributed by atoms with Gasteiger partial charge in [-0.25, -0.2) is 0 Å². The minimum Gasteiger partial charge on any atom is -0.481 e. The number of amides is 2. The Morgan fingerprint density at radius 1 is 1.10 bits per heavy atom. The third kappa shape index (κ3) is 3.67. The van der Waals surface area contributed by atoms with Gasteiger partial charge >= 0.3 is 5.97 Å². The zero-order valence-electron chi connectivity index (χ0n) is 17.7. The lowest BCUT2D eigenvalue weighted by atomic mass is 9.82. The summed E-state index contributed by atoms with van der Waals surface area (Å²) in [6.45, 7) is 6.12. The standard InChI is InChI=1S/C24H26N2O4S/c1-11(2)13-4-6-14(7-5-13)17-12(3)31-23(20(17)21(25)27)26-22(28)18-15-8-9-16(10-15)19(18)24(29)30/h4-9,11,15-16,18-19H,10H2,1-3H3,(H2,25,27)(H,26,28)(H,29,30). The highest BCUT2D eigenvalue weighted by Crippen LogP contribution is 2.49. The third-order valence-electron chi connectivity index (χ3n) is 6.48. The molecular weight excluding hydrogens is 412 g/mol. The second-order valence-corrected chi connectivity index (χ2v) is 9.93. The Morgan fingerprint density at radius 2 is 1.71 bits per heavy atom. The summed E-state index contributed by atoms with van der Waals surface area (Å²) >= 11 is 1.29. The molecule has 4 rings (SSSR count). The number of nitrogens with two attached hydrogens (primary N) is 1. The van der Waals surface area contributed by atoms with Crippen LogP contribution in [0.5, 0.6) is 0 Å². The molecule has 2 aliphatic rings. The van der Waals surface area contributed by atoms with Gasteiger partial charge in [0.1, 0.15) is 5.00 Å². The van der Waals surface area contributed by atoms with E-state index in [-0.39, 0.29) is 23.3 Å². The number of fused-ring (bicyclic) bond motifs is 2. The molecular formula is C24H26N2O4S. The molecule has 1 aromatic carbocycles. The first kappa shape index (κ1) is 21.3. The second-order valence-electron chi connectivity index (χ2n) is 8.71. The molecule has 1 heterocycles. The van der Waals surface area contributed by atoms with Crippen molar-refractivity contribution in [1.29, 1.82) is 0 Å². The Balaban J connectivity index is 1.67. The highest BCUT2D eigenvalue weighted by Gasteiger charge is 2.51. The van der Waals surface area contributed by atoms with E-state index in [1.807, 2.05) is 43.3 Å². The van der Waals surface area contributed by atoms with E-state index >= 15 is 0 Å². The van der Waals surface area contributed by atoms with Crippen molar-refractivity contribution in [3.63, 3.8) is 0 Å². The predicted molar refractivity (Wildman–Crippen MR) is 121 cm³/mol. The van der Waals surface area contributed by atoms with Gasteiger partial charge < -0.3 is 16.2 Å². The summed E-state index contributed by atoms with van der Waals surface area (Å²) in [6, 6.07) is 7.98. The van der Waals surface area contributed by atoms with Crippen LogP contribution in [0.25, 0.3) is 11.1 Å². The van der Waals surface area contributed by atoms with Crippen molar-refractivity contribution in [1.82, 2.24) is 0 Å². The number of primary amides is 1. The van der Waals surface area contributed by atoms with Gasteiger partial charge in [0, 0.05) is 10.4 Å². The first-order valence-electron chi connectivity index (χ1n) is 10.4. The fraction of sp³-hybridized carbons (Fsp3) is 0.375. The summed E-state index contributed by atoms with van der Waals surface area (Å²) in [6.07, 6.45) is 4.51. The molecule has 2 aromatic rings. The highest BCUT2D eigenvalue weighted by molar-refractivity contribution is 7.17. The van der Waals surface area contributed by atoms with Crippen LogP contribution in [0.4, 0.5) is 5.00 Å². The van der Waals surface area contributed by atoms with Crippen LogP contribution in [0.1, 0.15) is 47.0 Å². The molecule has 0 radical (unpaired) electrons. The maximum Gasteiger partial charge on any atom is 0.307 e. The number of rotatable bonds is 6. The van der Waals surface area contributed by atoms with E-state index in [4.69, 9.17) is 5.73 Å². The molecule has 6 nitrogen and oxygen atoms in total. The number of aryl methyl sites for hydroxylation is 1. The number of aliphatic carboxylic acids is 1. The molecule has 1 fully saturated rings. The van der Waals surface area contributed by atoms with Gasteiger partial charge in [0.05, 0.1) is 17.4 Å². The third-order valence-corrected chi connectivity index (χ3v) is 7.50. The summed E-state index contributed by atoms with van der Waals surface area (Å²) in [4.78, 5) is 38.1. The van der Waals surface area contributed by atoms with Gasteiger partial charge in [-0.3, -0.25) is 14.4 Å². The van der Waals surface area contributed by atoms with Crippen LogP contribution in [0.15, 0.2) is 36.4 Å². The number of nitrogens with one attached hydrogen (secondary N) is 1. The van der Waals surface area contributed by atoms with Gasteiger partial charge in [0.25, 0.3) is 5.91 Å². The largest absolute Gasteiger partial charge is 0.481 e. The zero-order valence-corrected chi connectivity index (χ0v) is 18.5.